The molecule has 2 aromatic rings. The molecule has 1 N–H and O–H groups in total. The van der Waals surface area contributed by atoms with E-state index in [2.05, 4.69) is 42.2 Å². The van der Waals surface area contributed by atoms with Crippen molar-refractivity contribution in [1.29, 1.82) is 0 Å². The summed E-state index contributed by atoms with van der Waals surface area (Å²) in [6.45, 7) is 16.7. The normalized spacial score (nSPS) is 16.6. The fraction of sp³-hybridized carbons (Fsp3) is 0.480. The summed E-state index contributed by atoms with van der Waals surface area (Å²) in [6.07, 6.45) is 6.51. The van der Waals surface area contributed by atoms with Crippen molar-refractivity contribution in [1.82, 2.24) is 20.1 Å². The van der Waals surface area contributed by atoms with E-state index in [1.54, 1.807) is 0 Å². The van der Waals surface area contributed by atoms with Crippen LogP contribution in [0.4, 0.5) is 0 Å². The number of nitrogens with one attached hydrogen (secondary N) is 1. The Kier molecular flexibility index (Phi) is 8.32. The van der Waals surface area contributed by atoms with Crippen molar-refractivity contribution in [2.45, 2.75) is 39.2 Å². The summed E-state index contributed by atoms with van der Waals surface area (Å²) in [5.41, 5.74) is 5.66. The van der Waals surface area contributed by atoms with Crippen LogP contribution in [0.2, 0.25) is 5.02 Å². The maximum absolute atomic E-state index is 6.45. The van der Waals surface area contributed by atoms with Gasteiger partial charge >= 0.3 is 0 Å². The van der Waals surface area contributed by atoms with Crippen molar-refractivity contribution in [2.24, 2.45) is 0 Å². The van der Waals surface area contributed by atoms with E-state index in [1.807, 2.05) is 24.3 Å². The fourth-order valence-electron chi connectivity index (χ4n) is 3.92. The summed E-state index contributed by atoms with van der Waals surface area (Å²) in [5.74, 6) is 0. The smallest absolute Gasteiger partial charge is 0.0726 e. The van der Waals surface area contributed by atoms with E-state index in [-0.39, 0.29) is 0 Å². The average Bonchev–Trinajstić information content (AvgIpc) is 2.78. The van der Waals surface area contributed by atoms with Gasteiger partial charge in [0.1, 0.15) is 0 Å². The molecule has 0 atom stereocenters. The molecule has 30 heavy (non-hydrogen) atoms. The number of hydrogen-bond donors (Lipinski definition) is 1. The van der Waals surface area contributed by atoms with Crippen molar-refractivity contribution in [3.05, 3.63) is 58.9 Å². The van der Waals surface area contributed by atoms with Crippen molar-refractivity contribution in [2.75, 3.05) is 39.8 Å². The van der Waals surface area contributed by atoms with E-state index in [9.17, 15) is 0 Å². The standard InChI is InChI=1S/C14H13ClN2.C11H22N2/c1-2-9-3-4-10-13(7-9)17-12-5-6-16-8-11(12)14(10)15;1-4-5-6-11(2)13-9-7-12(3)8-10-13/h2-4,7,16H,1,5-6,8H2;2,4-10H2,1,3H3. The van der Waals surface area contributed by atoms with Gasteiger partial charge in [-0.25, -0.2) is 0 Å². The van der Waals surface area contributed by atoms with E-state index >= 15 is 0 Å². The second kappa shape index (κ2) is 10.9. The molecule has 5 heteroatoms. The number of allylic oxidation sites excluding steroid dienone is 1. The van der Waals surface area contributed by atoms with Crippen molar-refractivity contribution in [3.8, 4) is 0 Å². The molecule has 4 rings (SSSR count). The third-order valence-electron chi connectivity index (χ3n) is 5.97. The van der Waals surface area contributed by atoms with Crippen LogP contribution in [0.1, 0.15) is 43.0 Å². The van der Waals surface area contributed by atoms with Gasteiger partial charge in [0.2, 0.25) is 0 Å². The topological polar surface area (TPSA) is 31.4 Å². The minimum Gasteiger partial charge on any atom is -0.373 e. The van der Waals surface area contributed by atoms with Crippen LogP contribution in [0, 0.1) is 0 Å². The van der Waals surface area contributed by atoms with Gasteiger partial charge in [-0.05, 0) is 31.5 Å². The number of piperazine rings is 1. The highest BCUT2D eigenvalue weighted by Crippen LogP contribution is 2.30. The van der Waals surface area contributed by atoms with Crippen LogP contribution in [-0.2, 0) is 13.0 Å². The number of rotatable bonds is 5. The fourth-order valence-corrected chi connectivity index (χ4v) is 4.26. The Bertz CT molecular complexity index is 884. The minimum atomic E-state index is 0.820. The maximum atomic E-state index is 6.45. The molecular formula is C25H35ClN4. The molecule has 2 aliphatic rings. The molecule has 1 aromatic carbocycles. The summed E-state index contributed by atoms with van der Waals surface area (Å²) in [4.78, 5) is 9.53. The SMILES string of the molecule is C=C(CCCC)N1CCN(C)CC1.C=Cc1ccc2c(Cl)c3c(nc2c1)CCNC3. The Hall–Kier alpha value is -1.88. The molecule has 0 saturated carbocycles. The first-order chi connectivity index (χ1) is 14.5. The zero-order valence-corrected chi connectivity index (χ0v) is 19.3. The Labute approximate surface area is 186 Å². The molecule has 0 aliphatic carbocycles. The lowest BCUT2D eigenvalue weighted by Gasteiger charge is -2.35. The Morgan fingerprint density at radius 3 is 2.73 bits per heavy atom. The zero-order chi connectivity index (χ0) is 21.5. The summed E-state index contributed by atoms with van der Waals surface area (Å²) in [7, 11) is 2.19. The predicted molar refractivity (Wildman–Crippen MR) is 130 cm³/mol. The summed E-state index contributed by atoms with van der Waals surface area (Å²) in [5, 5.41) is 5.20. The lowest BCUT2D eigenvalue weighted by Crippen LogP contribution is -2.43. The van der Waals surface area contributed by atoms with Crippen molar-refractivity contribution < 1.29 is 0 Å². The van der Waals surface area contributed by atoms with E-state index < -0.39 is 0 Å². The number of likely N-dealkylation sites (N-methyl/N-ethyl adjacent to an activating group) is 1. The Balaban J connectivity index is 0.000000178. The van der Waals surface area contributed by atoms with Crippen LogP contribution in [0.15, 0.2) is 37.1 Å². The Morgan fingerprint density at radius 2 is 2.03 bits per heavy atom. The predicted octanol–water partition coefficient (Wildman–Crippen LogP) is 5.11. The monoisotopic (exact) mass is 426 g/mol. The number of aromatic nitrogens is 1. The van der Waals surface area contributed by atoms with Crippen LogP contribution < -0.4 is 5.32 Å². The lowest BCUT2D eigenvalue weighted by atomic mass is 10.0. The van der Waals surface area contributed by atoms with Gasteiger partial charge in [0, 0.05) is 68.0 Å². The molecular weight excluding hydrogens is 392 g/mol. The largest absolute Gasteiger partial charge is 0.373 e. The van der Waals surface area contributed by atoms with E-state index in [1.165, 1.54) is 51.1 Å². The summed E-state index contributed by atoms with van der Waals surface area (Å²) < 4.78 is 0. The number of halogens is 1. The number of unbranched alkanes of at least 4 members (excludes halogenated alkanes) is 1. The van der Waals surface area contributed by atoms with Crippen molar-refractivity contribution in [3.63, 3.8) is 0 Å². The minimum absolute atomic E-state index is 0.820. The average molecular weight is 427 g/mol. The quantitative estimate of drug-likeness (QED) is 0.719. The molecule has 0 amide bonds. The van der Waals surface area contributed by atoms with Crippen molar-refractivity contribution >= 4 is 28.6 Å². The molecule has 3 heterocycles. The van der Waals surface area contributed by atoms with Gasteiger partial charge in [0.25, 0.3) is 0 Å². The van der Waals surface area contributed by atoms with Crippen LogP contribution in [0.25, 0.3) is 17.0 Å². The van der Waals surface area contributed by atoms with Crippen LogP contribution in [0.5, 0.6) is 0 Å². The number of benzene rings is 1. The van der Waals surface area contributed by atoms with Gasteiger partial charge in [-0.3, -0.25) is 4.98 Å². The first-order valence-corrected chi connectivity index (χ1v) is 11.5. The third-order valence-corrected chi connectivity index (χ3v) is 6.40. The second-order valence-corrected chi connectivity index (χ2v) is 8.60. The van der Waals surface area contributed by atoms with Gasteiger partial charge in [0.05, 0.1) is 10.5 Å². The molecule has 0 spiro atoms. The molecule has 162 valence electrons. The van der Waals surface area contributed by atoms with Crippen LogP contribution in [-0.4, -0.2) is 54.6 Å². The highest BCUT2D eigenvalue weighted by Gasteiger charge is 2.16. The number of pyridine rings is 1. The third kappa shape index (κ3) is 5.63. The molecule has 2 aliphatic heterocycles. The molecule has 1 aromatic heterocycles. The van der Waals surface area contributed by atoms with Gasteiger partial charge in [-0.15, -0.1) is 0 Å². The van der Waals surface area contributed by atoms with Gasteiger partial charge in [0.15, 0.2) is 0 Å². The maximum Gasteiger partial charge on any atom is 0.0726 e. The van der Waals surface area contributed by atoms with Gasteiger partial charge in [-0.1, -0.05) is 56.3 Å². The lowest BCUT2D eigenvalue weighted by molar-refractivity contribution is 0.182. The van der Waals surface area contributed by atoms with E-state index in [0.717, 1.165) is 52.3 Å². The molecule has 1 fully saturated rings. The highest BCUT2D eigenvalue weighted by molar-refractivity contribution is 6.36. The first kappa shape index (κ1) is 22.8. The van der Waals surface area contributed by atoms with Gasteiger partial charge in [-0.2, -0.15) is 0 Å². The van der Waals surface area contributed by atoms with E-state index in [4.69, 9.17) is 16.6 Å². The molecule has 4 nitrogen and oxygen atoms in total. The van der Waals surface area contributed by atoms with E-state index in [0.29, 0.717) is 0 Å². The number of hydrogen-bond acceptors (Lipinski definition) is 4. The Morgan fingerprint density at radius 1 is 1.27 bits per heavy atom. The molecule has 1 saturated heterocycles. The second-order valence-electron chi connectivity index (χ2n) is 8.22. The van der Waals surface area contributed by atoms with Crippen LogP contribution >= 0.6 is 11.6 Å². The number of fused-ring (bicyclic) bond motifs is 2. The first-order valence-electron chi connectivity index (χ1n) is 11.1. The summed E-state index contributed by atoms with van der Waals surface area (Å²) in [6, 6.07) is 6.08. The summed E-state index contributed by atoms with van der Waals surface area (Å²) >= 11 is 6.45. The zero-order valence-electron chi connectivity index (χ0n) is 18.5. The molecule has 0 unspecified atom stereocenters. The molecule has 0 radical (unpaired) electrons. The number of nitrogens with zero attached hydrogens (tertiary/aromatic N) is 3. The van der Waals surface area contributed by atoms with Crippen LogP contribution in [0.3, 0.4) is 0 Å². The highest BCUT2D eigenvalue weighted by atomic mass is 35.5. The molecule has 0 bridgehead atoms. The van der Waals surface area contributed by atoms with Gasteiger partial charge < -0.3 is 15.1 Å².